The van der Waals surface area contributed by atoms with Crippen molar-refractivity contribution in [3.8, 4) is 11.3 Å². The highest BCUT2D eigenvalue weighted by molar-refractivity contribution is 6.33. The van der Waals surface area contributed by atoms with Crippen LogP contribution in [0.25, 0.3) is 11.3 Å². The highest BCUT2D eigenvalue weighted by Crippen LogP contribution is 2.30. The van der Waals surface area contributed by atoms with Gasteiger partial charge in [0.1, 0.15) is 11.6 Å². The Bertz CT molecular complexity index is 846. The molecule has 0 unspecified atom stereocenters. The molecule has 1 aromatic heterocycles. The Labute approximate surface area is 137 Å². The molecule has 3 aromatic rings. The molecule has 3 nitrogen and oxygen atoms in total. The molecule has 0 aliphatic rings. The van der Waals surface area contributed by atoms with Crippen LogP contribution in [-0.4, -0.2) is 9.55 Å². The van der Waals surface area contributed by atoms with Gasteiger partial charge in [-0.3, -0.25) is 0 Å². The van der Waals surface area contributed by atoms with Crippen LogP contribution in [0.5, 0.6) is 0 Å². The van der Waals surface area contributed by atoms with E-state index in [4.69, 9.17) is 17.3 Å². The molecule has 0 radical (unpaired) electrons. The Hall–Kier alpha value is -2.24. The molecule has 0 aliphatic carbocycles. The summed E-state index contributed by atoms with van der Waals surface area (Å²) in [7, 11) is 0. The summed E-state index contributed by atoms with van der Waals surface area (Å²) in [4.78, 5) is 4.35. The van der Waals surface area contributed by atoms with Crippen LogP contribution < -0.4 is 5.73 Å². The van der Waals surface area contributed by atoms with Gasteiger partial charge >= 0.3 is 0 Å². The molecule has 3 rings (SSSR count). The predicted octanol–water partition coefficient (Wildman–Crippen LogP) is 3.99. The first-order valence-corrected chi connectivity index (χ1v) is 7.40. The minimum absolute atomic E-state index is 0.234. The number of nitrogens with zero attached hydrogens (tertiary/aromatic N) is 2. The Morgan fingerprint density at radius 3 is 2.57 bits per heavy atom. The maximum Gasteiger partial charge on any atom is 0.124 e. The SMILES string of the molecule is NCc1c(-c2ccc(F)cc2Cl)ncn1Cc1cccc(F)c1. The van der Waals surface area contributed by atoms with Crippen LogP contribution in [-0.2, 0) is 13.1 Å². The van der Waals surface area contributed by atoms with Crippen molar-refractivity contribution in [3.63, 3.8) is 0 Å². The van der Waals surface area contributed by atoms with Crippen molar-refractivity contribution in [2.75, 3.05) is 0 Å². The molecule has 2 N–H and O–H groups in total. The first kappa shape index (κ1) is 15.6. The molecule has 6 heteroatoms. The minimum Gasteiger partial charge on any atom is -0.328 e. The quantitative estimate of drug-likeness (QED) is 0.784. The summed E-state index contributed by atoms with van der Waals surface area (Å²) in [6.07, 6.45) is 1.63. The van der Waals surface area contributed by atoms with E-state index in [1.807, 2.05) is 10.6 Å². The largest absolute Gasteiger partial charge is 0.328 e. The van der Waals surface area contributed by atoms with Gasteiger partial charge < -0.3 is 10.3 Å². The van der Waals surface area contributed by atoms with Crippen molar-refractivity contribution in [1.29, 1.82) is 0 Å². The van der Waals surface area contributed by atoms with Crippen molar-refractivity contribution in [1.82, 2.24) is 9.55 Å². The van der Waals surface area contributed by atoms with E-state index in [1.165, 1.54) is 24.3 Å². The van der Waals surface area contributed by atoms with Gasteiger partial charge in [-0.05, 0) is 35.9 Å². The summed E-state index contributed by atoms with van der Waals surface area (Å²) in [5, 5.41) is 0.274. The van der Waals surface area contributed by atoms with Crippen molar-refractivity contribution < 1.29 is 8.78 Å². The second-order valence-electron chi connectivity index (χ2n) is 5.13. The highest BCUT2D eigenvalue weighted by Gasteiger charge is 2.15. The van der Waals surface area contributed by atoms with Crippen molar-refractivity contribution >= 4 is 11.6 Å². The van der Waals surface area contributed by atoms with Crippen LogP contribution in [0.3, 0.4) is 0 Å². The molecule has 0 saturated heterocycles. The molecule has 0 spiro atoms. The smallest absolute Gasteiger partial charge is 0.124 e. The summed E-state index contributed by atoms with van der Waals surface area (Å²) in [6.45, 7) is 0.675. The van der Waals surface area contributed by atoms with Gasteiger partial charge in [-0.2, -0.15) is 0 Å². The lowest BCUT2D eigenvalue weighted by Gasteiger charge is -2.09. The number of halogens is 3. The summed E-state index contributed by atoms with van der Waals surface area (Å²) < 4.78 is 28.4. The van der Waals surface area contributed by atoms with Crippen molar-refractivity contribution in [2.45, 2.75) is 13.1 Å². The van der Waals surface area contributed by atoms with Gasteiger partial charge in [0.25, 0.3) is 0 Å². The van der Waals surface area contributed by atoms with E-state index >= 15 is 0 Å². The number of benzene rings is 2. The lowest BCUT2D eigenvalue weighted by atomic mass is 10.1. The molecular formula is C17H14ClF2N3. The monoisotopic (exact) mass is 333 g/mol. The fraction of sp³-hybridized carbons (Fsp3) is 0.118. The number of imidazole rings is 1. The number of aromatic nitrogens is 2. The summed E-state index contributed by atoms with van der Waals surface area (Å²) >= 11 is 6.10. The average Bonchev–Trinajstić information content (AvgIpc) is 2.89. The fourth-order valence-electron chi connectivity index (χ4n) is 2.50. The maximum absolute atomic E-state index is 13.3. The van der Waals surface area contributed by atoms with E-state index < -0.39 is 5.82 Å². The van der Waals surface area contributed by atoms with Gasteiger partial charge in [-0.25, -0.2) is 13.8 Å². The van der Waals surface area contributed by atoms with Crippen LogP contribution >= 0.6 is 11.6 Å². The Kier molecular flexibility index (Phi) is 4.41. The van der Waals surface area contributed by atoms with E-state index in [-0.39, 0.29) is 17.4 Å². The van der Waals surface area contributed by atoms with Gasteiger partial charge in [-0.15, -0.1) is 0 Å². The third-order valence-electron chi connectivity index (χ3n) is 3.57. The third-order valence-corrected chi connectivity index (χ3v) is 3.88. The zero-order valence-corrected chi connectivity index (χ0v) is 12.9. The molecule has 23 heavy (non-hydrogen) atoms. The van der Waals surface area contributed by atoms with Gasteiger partial charge in [0.05, 0.1) is 22.7 Å². The van der Waals surface area contributed by atoms with Crippen molar-refractivity contribution in [3.05, 3.63) is 76.7 Å². The molecule has 2 aromatic carbocycles. The first-order chi connectivity index (χ1) is 11.1. The first-order valence-electron chi connectivity index (χ1n) is 7.02. The van der Waals surface area contributed by atoms with Gasteiger partial charge in [0.15, 0.2) is 0 Å². The Balaban J connectivity index is 1.99. The number of hydrogen-bond acceptors (Lipinski definition) is 2. The van der Waals surface area contributed by atoms with Crippen LogP contribution in [0.1, 0.15) is 11.3 Å². The molecule has 118 valence electrons. The van der Waals surface area contributed by atoms with E-state index in [9.17, 15) is 8.78 Å². The molecule has 0 bridgehead atoms. The van der Waals surface area contributed by atoms with E-state index in [0.29, 0.717) is 17.8 Å². The zero-order valence-electron chi connectivity index (χ0n) is 12.1. The molecule has 0 aliphatic heterocycles. The average molecular weight is 334 g/mol. The zero-order chi connectivity index (χ0) is 16.4. The second kappa shape index (κ2) is 6.48. The normalized spacial score (nSPS) is 11.0. The molecule has 0 amide bonds. The summed E-state index contributed by atoms with van der Waals surface area (Å²) in [6, 6.07) is 10.5. The van der Waals surface area contributed by atoms with Crippen molar-refractivity contribution in [2.24, 2.45) is 5.73 Å². The summed E-state index contributed by atoms with van der Waals surface area (Å²) in [5.41, 5.74) is 8.62. The number of hydrogen-bond donors (Lipinski definition) is 1. The fourth-order valence-corrected chi connectivity index (χ4v) is 2.75. The molecule has 1 heterocycles. The molecule has 0 saturated carbocycles. The van der Waals surface area contributed by atoms with E-state index in [2.05, 4.69) is 4.98 Å². The second-order valence-corrected chi connectivity index (χ2v) is 5.53. The van der Waals surface area contributed by atoms with Gasteiger partial charge in [0, 0.05) is 18.7 Å². The third kappa shape index (κ3) is 3.25. The molecule has 0 fully saturated rings. The van der Waals surface area contributed by atoms with E-state index in [0.717, 1.165) is 11.3 Å². The van der Waals surface area contributed by atoms with Crippen LogP contribution in [0.4, 0.5) is 8.78 Å². The van der Waals surface area contributed by atoms with Gasteiger partial charge in [0.2, 0.25) is 0 Å². The highest BCUT2D eigenvalue weighted by atomic mass is 35.5. The topological polar surface area (TPSA) is 43.8 Å². The molecule has 0 atom stereocenters. The van der Waals surface area contributed by atoms with E-state index in [1.54, 1.807) is 18.5 Å². The van der Waals surface area contributed by atoms with Crippen LogP contribution in [0, 0.1) is 11.6 Å². The molecular weight excluding hydrogens is 320 g/mol. The van der Waals surface area contributed by atoms with Gasteiger partial charge in [-0.1, -0.05) is 23.7 Å². The Morgan fingerprint density at radius 1 is 1.09 bits per heavy atom. The lowest BCUT2D eigenvalue weighted by molar-refractivity contribution is 0.622. The minimum atomic E-state index is -0.410. The standard InChI is InChI=1S/C17H14ClF2N3/c18-15-7-13(20)4-5-14(15)17-16(8-21)23(10-22-17)9-11-2-1-3-12(19)6-11/h1-7,10H,8-9,21H2. The van der Waals surface area contributed by atoms with Crippen LogP contribution in [0.15, 0.2) is 48.8 Å². The number of rotatable bonds is 4. The maximum atomic E-state index is 13.3. The number of nitrogens with two attached hydrogens (primary N) is 1. The Morgan fingerprint density at radius 2 is 1.87 bits per heavy atom. The predicted molar refractivity (Wildman–Crippen MR) is 86.0 cm³/mol. The lowest BCUT2D eigenvalue weighted by Crippen LogP contribution is -2.09. The van der Waals surface area contributed by atoms with Crippen LogP contribution in [0.2, 0.25) is 5.02 Å². The summed E-state index contributed by atoms with van der Waals surface area (Å²) in [5.74, 6) is -0.703.